The first-order valence-corrected chi connectivity index (χ1v) is 28.3. The van der Waals surface area contributed by atoms with E-state index in [-0.39, 0.29) is 33.6 Å². The molecule has 0 bridgehead atoms. The first-order chi connectivity index (χ1) is 37.3. The van der Waals surface area contributed by atoms with E-state index in [4.69, 9.17) is 0 Å². The molecule has 0 atom stereocenters. The van der Waals surface area contributed by atoms with Crippen LogP contribution in [-0.2, 0) is 33.6 Å². The second-order valence-electron chi connectivity index (χ2n) is 21.0. The minimum atomic E-state index is -0.135. The van der Waals surface area contributed by atoms with Gasteiger partial charge in [0.25, 0.3) is 0 Å². The van der Waals surface area contributed by atoms with Gasteiger partial charge in [-0.05, 0) is 0 Å². The SMILES string of the molecule is [Cr+3].c1ccc(C(c2ccccc2)(c2ccccc2)[C-]2CCCCC2)cc1.c1ccc(C(c2ccccc2)(c2ccccc2)[C-]2CCCCC2)cc1.c1ccc(C(c2ccccc2)(c2ccccc2)[C-]2CCCCC2)cc1. The number of hydrogen-bond donors (Lipinski definition) is 0. The molecule has 12 rings (SSSR count). The Kier molecular flexibility index (Phi) is 19.3. The number of hydrogen-bond acceptors (Lipinski definition) is 0. The normalized spacial score (nSPS) is 15.6. The van der Waals surface area contributed by atoms with E-state index in [1.54, 1.807) is 17.8 Å². The third kappa shape index (κ3) is 11.4. The van der Waals surface area contributed by atoms with E-state index in [1.807, 2.05) is 0 Å². The maximum absolute atomic E-state index is 2.31. The molecule has 0 nitrogen and oxygen atoms in total. The molecule has 0 aliphatic heterocycles. The van der Waals surface area contributed by atoms with Crippen LogP contribution in [0.25, 0.3) is 0 Å². The Morgan fingerprint density at radius 3 is 0.408 bits per heavy atom. The van der Waals surface area contributed by atoms with Crippen LogP contribution >= 0.6 is 0 Å². The van der Waals surface area contributed by atoms with Gasteiger partial charge in [-0.25, -0.2) is 0 Å². The minimum Gasteiger partial charge on any atom is -0.295 e. The van der Waals surface area contributed by atoms with E-state index in [1.165, 1.54) is 146 Å². The van der Waals surface area contributed by atoms with Crippen molar-refractivity contribution in [2.75, 3.05) is 0 Å². The Bertz CT molecular complexity index is 2360. The molecule has 76 heavy (non-hydrogen) atoms. The molecule has 0 N–H and O–H groups in total. The van der Waals surface area contributed by atoms with Crippen molar-refractivity contribution in [2.24, 2.45) is 0 Å². The third-order valence-electron chi connectivity index (χ3n) is 16.8. The van der Waals surface area contributed by atoms with E-state index in [0.717, 1.165) is 0 Å². The zero-order valence-corrected chi connectivity index (χ0v) is 45.8. The monoisotopic (exact) mass is 1030 g/mol. The molecule has 3 aliphatic rings. The van der Waals surface area contributed by atoms with Crippen molar-refractivity contribution in [1.29, 1.82) is 0 Å². The van der Waals surface area contributed by atoms with Gasteiger partial charge in [0.1, 0.15) is 0 Å². The van der Waals surface area contributed by atoms with Crippen LogP contribution in [0, 0.1) is 17.8 Å². The van der Waals surface area contributed by atoms with Gasteiger partial charge >= 0.3 is 17.4 Å². The van der Waals surface area contributed by atoms with Crippen molar-refractivity contribution in [2.45, 2.75) is 113 Å². The predicted molar refractivity (Wildman–Crippen MR) is 317 cm³/mol. The molecule has 0 spiro atoms. The van der Waals surface area contributed by atoms with E-state index >= 15 is 0 Å². The number of benzene rings is 9. The quantitative estimate of drug-likeness (QED) is 0.0845. The van der Waals surface area contributed by atoms with Gasteiger partial charge in [-0.15, -0.1) is 0 Å². The molecular formula is C75H75Cr. The van der Waals surface area contributed by atoms with Crippen molar-refractivity contribution in [1.82, 2.24) is 0 Å². The summed E-state index contributed by atoms with van der Waals surface area (Å²) in [5.41, 5.74) is 12.1. The zero-order chi connectivity index (χ0) is 50.9. The van der Waals surface area contributed by atoms with Gasteiger partial charge in [0.2, 0.25) is 0 Å². The molecule has 3 aliphatic carbocycles. The van der Waals surface area contributed by atoms with Crippen molar-refractivity contribution < 1.29 is 17.4 Å². The molecule has 381 valence electrons. The fourth-order valence-corrected chi connectivity index (χ4v) is 13.6. The molecule has 3 fully saturated rings. The van der Waals surface area contributed by atoms with Crippen molar-refractivity contribution in [3.8, 4) is 0 Å². The van der Waals surface area contributed by atoms with E-state index in [2.05, 4.69) is 273 Å². The largest absolute Gasteiger partial charge is 3.00 e. The van der Waals surface area contributed by atoms with Gasteiger partial charge in [0.15, 0.2) is 0 Å². The summed E-state index contributed by atoms with van der Waals surface area (Å²) >= 11 is 0. The summed E-state index contributed by atoms with van der Waals surface area (Å²) in [5, 5.41) is 0. The van der Waals surface area contributed by atoms with Crippen LogP contribution in [0.4, 0.5) is 0 Å². The topological polar surface area (TPSA) is 0 Å². The molecule has 0 heterocycles. The average molecular weight is 1030 g/mol. The Hall–Kier alpha value is -6.49. The van der Waals surface area contributed by atoms with Gasteiger partial charge in [-0.3, -0.25) is 17.8 Å². The second-order valence-corrected chi connectivity index (χ2v) is 21.0. The van der Waals surface area contributed by atoms with Gasteiger partial charge in [-0.2, -0.15) is 38.5 Å². The van der Waals surface area contributed by atoms with Crippen LogP contribution in [0.15, 0.2) is 273 Å². The first kappa shape index (κ1) is 54.3. The van der Waals surface area contributed by atoms with Crippen LogP contribution in [-0.4, -0.2) is 0 Å². The molecule has 0 saturated heterocycles. The Labute approximate surface area is 467 Å². The Balaban J connectivity index is 0.000000138. The molecule has 9 aromatic carbocycles. The first-order valence-electron chi connectivity index (χ1n) is 28.3. The second kappa shape index (κ2) is 27.0. The van der Waals surface area contributed by atoms with Crippen molar-refractivity contribution in [3.63, 3.8) is 0 Å². The van der Waals surface area contributed by atoms with Crippen molar-refractivity contribution in [3.05, 3.63) is 341 Å². The predicted octanol–water partition coefficient (Wildman–Crippen LogP) is 19.7. The summed E-state index contributed by atoms with van der Waals surface area (Å²) < 4.78 is 0. The summed E-state index contributed by atoms with van der Waals surface area (Å²) in [5.74, 6) is 5.01. The maximum Gasteiger partial charge on any atom is 3.00 e. The third-order valence-corrected chi connectivity index (χ3v) is 16.8. The van der Waals surface area contributed by atoms with Crippen LogP contribution in [0.5, 0.6) is 0 Å². The van der Waals surface area contributed by atoms with E-state index in [0.29, 0.717) is 0 Å². The van der Waals surface area contributed by atoms with E-state index < -0.39 is 0 Å². The fraction of sp³-hybridized carbons (Fsp3) is 0.240. The molecule has 3 saturated carbocycles. The summed E-state index contributed by atoms with van der Waals surface area (Å²) in [6, 6.07) is 99.9. The summed E-state index contributed by atoms with van der Waals surface area (Å²) in [6.07, 6.45) is 19.3. The molecule has 9 aromatic rings. The average Bonchev–Trinajstić information content (AvgIpc) is 3.54. The summed E-state index contributed by atoms with van der Waals surface area (Å²) in [7, 11) is 0. The van der Waals surface area contributed by atoms with Gasteiger partial charge in [0.05, 0.1) is 0 Å². The van der Waals surface area contributed by atoms with Crippen LogP contribution in [0.1, 0.15) is 146 Å². The molecule has 1 radical (unpaired) electrons. The van der Waals surface area contributed by atoms with Gasteiger partial charge in [0, 0.05) is 0 Å². The van der Waals surface area contributed by atoms with E-state index in [9.17, 15) is 0 Å². The van der Waals surface area contributed by atoms with Gasteiger partial charge < -0.3 is 0 Å². The molecular weight excluding hydrogens is 953 g/mol. The molecule has 1 heteroatoms. The molecule has 0 amide bonds. The van der Waals surface area contributed by atoms with Crippen molar-refractivity contribution >= 4 is 0 Å². The van der Waals surface area contributed by atoms with Crippen LogP contribution < -0.4 is 0 Å². The minimum absolute atomic E-state index is 0. The maximum atomic E-state index is 2.31. The van der Waals surface area contributed by atoms with Gasteiger partial charge in [-0.1, -0.05) is 397 Å². The van der Waals surface area contributed by atoms with Crippen LogP contribution in [0.3, 0.4) is 0 Å². The molecule has 0 aromatic heterocycles. The smallest absolute Gasteiger partial charge is 0.295 e. The summed E-state index contributed by atoms with van der Waals surface area (Å²) in [4.78, 5) is 0. The standard InChI is InChI=1S/3C25H25.Cr/c3*1-5-13-21(14-6-1)25(22-15-7-2-8-16-22,23-17-9-3-10-18-23)24-19-11-4-12-20-24;/h3*1-3,5-10,13-18H,4,11-12,19-20H2;/q3*-1;+3. The fourth-order valence-electron chi connectivity index (χ4n) is 13.6. The Morgan fingerprint density at radius 2 is 0.289 bits per heavy atom. The summed E-state index contributed by atoms with van der Waals surface area (Å²) in [6.45, 7) is 0. The van der Waals surface area contributed by atoms with Crippen LogP contribution in [0.2, 0.25) is 0 Å². The Morgan fingerprint density at radius 1 is 0.171 bits per heavy atom. The number of rotatable bonds is 12. The molecule has 0 unspecified atom stereocenters. The zero-order valence-electron chi connectivity index (χ0n) is 44.5.